The molecule has 1 amide bonds. The summed E-state index contributed by atoms with van der Waals surface area (Å²) in [6.45, 7) is 0.397. The van der Waals surface area contributed by atoms with Gasteiger partial charge in [-0.05, 0) is 37.9 Å². The van der Waals surface area contributed by atoms with Crippen molar-refractivity contribution in [3.63, 3.8) is 0 Å². The molecule has 1 unspecified atom stereocenters. The number of benzene rings is 2. The Labute approximate surface area is 146 Å². The molecule has 130 valence electrons. The van der Waals surface area contributed by atoms with Crippen LogP contribution in [0.25, 0.3) is 10.9 Å². The normalized spacial score (nSPS) is 12.5. The molecule has 0 radical (unpaired) electrons. The molecule has 3 aromatic rings. The number of rotatable bonds is 5. The average molecular weight is 339 g/mol. The van der Waals surface area contributed by atoms with Crippen molar-refractivity contribution in [3.8, 4) is 0 Å². The fraction of sp³-hybridized carbons (Fsp3) is 0.250. The summed E-state index contributed by atoms with van der Waals surface area (Å²) in [4.78, 5) is 14.4. The van der Waals surface area contributed by atoms with Crippen molar-refractivity contribution < 1.29 is 9.18 Å². The van der Waals surface area contributed by atoms with E-state index < -0.39 is 11.7 Å². The summed E-state index contributed by atoms with van der Waals surface area (Å²) in [5.41, 5.74) is 2.35. The molecule has 25 heavy (non-hydrogen) atoms. The lowest BCUT2D eigenvalue weighted by molar-refractivity contribution is 0.0938. The molecule has 0 saturated heterocycles. The number of fused-ring (bicyclic) bond motifs is 1. The van der Waals surface area contributed by atoms with Gasteiger partial charge in [0.2, 0.25) is 0 Å². The second kappa shape index (κ2) is 7.07. The summed E-state index contributed by atoms with van der Waals surface area (Å²) in [5.74, 6) is -0.906. The number of carbonyl (C=O) groups is 1. The van der Waals surface area contributed by atoms with E-state index in [-0.39, 0.29) is 11.6 Å². The standard InChI is InChI=1S/C20H22FN3O/c1-23(2)19(12-22-20(25)15-9-4-6-10-17(15)21)16-13-24(3)18-11-7-5-8-14(16)18/h4-11,13,19H,12H2,1-3H3,(H,22,25). The number of carbonyl (C=O) groups excluding carboxylic acids is 1. The zero-order valence-corrected chi connectivity index (χ0v) is 14.7. The van der Waals surface area contributed by atoms with Gasteiger partial charge in [-0.3, -0.25) is 4.79 Å². The maximum Gasteiger partial charge on any atom is 0.254 e. The van der Waals surface area contributed by atoms with E-state index in [9.17, 15) is 9.18 Å². The molecule has 4 nitrogen and oxygen atoms in total. The van der Waals surface area contributed by atoms with Crippen LogP contribution in [0.5, 0.6) is 0 Å². The Morgan fingerprint density at radius 3 is 2.56 bits per heavy atom. The molecule has 1 atom stereocenters. The van der Waals surface area contributed by atoms with Gasteiger partial charge in [-0.15, -0.1) is 0 Å². The summed E-state index contributed by atoms with van der Waals surface area (Å²) < 4.78 is 15.9. The molecule has 0 spiro atoms. The largest absolute Gasteiger partial charge is 0.350 e. The molecule has 1 aromatic heterocycles. The van der Waals surface area contributed by atoms with E-state index in [0.717, 1.165) is 16.5 Å². The lowest BCUT2D eigenvalue weighted by atomic mass is 10.0. The van der Waals surface area contributed by atoms with Crippen molar-refractivity contribution in [3.05, 3.63) is 71.7 Å². The molecule has 5 heteroatoms. The van der Waals surface area contributed by atoms with Crippen LogP contribution in [0.15, 0.2) is 54.7 Å². The number of likely N-dealkylation sites (N-methyl/N-ethyl adjacent to an activating group) is 1. The third-order valence-electron chi connectivity index (χ3n) is 4.48. The molecular formula is C20H22FN3O. The van der Waals surface area contributed by atoms with Gasteiger partial charge < -0.3 is 14.8 Å². The predicted octanol–water partition coefficient (Wildman–Crippen LogP) is 3.35. The first-order valence-corrected chi connectivity index (χ1v) is 8.22. The summed E-state index contributed by atoms with van der Waals surface area (Å²) in [5, 5.41) is 4.02. The van der Waals surface area contributed by atoms with Gasteiger partial charge in [0.1, 0.15) is 5.82 Å². The van der Waals surface area contributed by atoms with Crippen molar-refractivity contribution in [2.24, 2.45) is 7.05 Å². The van der Waals surface area contributed by atoms with Gasteiger partial charge >= 0.3 is 0 Å². The molecule has 0 fully saturated rings. The van der Waals surface area contributed by atoms with Crippen LogP contribution in [0.2, 0.25) is 0 Å². The van der Waals surface area contributed by atoms with Crippen LogP contribution in [0.4, 0.5) is 4.39 Å². The van der Waals surface area contributed by atoms with Crippen molar-refractivity contribution in [2.75, 3.05) is 20.6 Å². The first-order chi connectivity index (χ1) is 12.0. The second-order valence-electron chi connectivity index (χ2n) is 6.38. The highest BCUT2D eigenvalue weighted by molar-refractivity contribution is 5.94. The molecule has 0 aliphatic carbocycles. The Kier molecular flexibility index (Phi) is 4.86. The maximum atomic E-state index is 13.8. The smallest absolute Gasteiger partial charge is 0.254 e. The lowest BCUT2D eigenvalue weighted by Crippen LogP contribution is -2.34. The van der Waals surface area contributed by atoms with E-state index in [1.54, 1.807) is 12.1 Å². The summed E-state index contributed by atoms with van der Waals surface area (Å²) >= 11 is 0. The van der Waals surface area contributed by atoms with Gasteiger partial charge in [0.15, 0.2) is 0 Å². The topological polar surface area (TPSA) is 37.3 Å². The third-order valence-corrected chi connectivity index (χ3v) is 4.48. The fourth-order valence-corrected chi connectivity index (χ4v) is 3.14. The third kappa shape index (κ3) is 3.42. The average Bonchev–Trinajstić information content (AvgIpc) is 2.92. The number of hydrogen-bond donors (Lipinski definition) is 1. The summed E-state index contributed by atoms with van der Waals surface area (Å²) in [7, 11) is 5.96. The molecule has 0 saturated carbocycles. The Bertz CT molecular complexity index is 901. The molecule has 3 rings (SSSR count). The molecule has 1 N–H and O–H groups in total. The quantitative estimate of drug-likeness (QED) is 0.774. The molecule has 1 heterocycles. The zero-order valence-electron chi connectivity index (χ0n) is 14.7. The zero-order chi connectivity index (χ0) is 18.0. The van der Waals surface area contributed by atoms with Gasteiger partial charge in [0, 0.05) is 30.7 Å². The minimum atomic E-state index is -0.508. The van der Waals surface area contributed by atoms with Crippen LogP contribution in [0, 0.1) is 5.82 Å². The van der Waals surface area contributed by atoms with E-state index in [2.05, 4.69) is 33.1 Å². The van der Waals surface area contributed by atoms with Crippen molar-refractivity contribution in [1.82, 2.24) is 14.8 Å². The number of aryl methyl sites for hydroxylation is 1. The number of nitrogens with zero attached hydrogens (tertiary/aromatic N) is 2. The molecule has 2 aromatic carbocycles. The Morgan fingerprint density at radius 1 is 1.16 bits per heavy atom. The maximum absolute atomic E-state index is 13.8. The van der Waals surface area contributed by atoms with Crippen LogP contribution in [0.1, 0.15) is 22.0 Å². The van der Waals surface area contributed by atoms with E-state index in [1.165, 1.54) is 12.1 Å². The van der Waals surface area contributed by atoms with Crippen molar-refractivity contribution in [1.29, 1.82) is 0 Å². The van der Waals surface area contributed by atoms with Crippen LogP contribution in [-0.2, 0) is 7.05 Å². The fourth-order valence-electron chi connectivity index (χ4n) is 3.14. The number of nitrogens with one attached hydrogen (secondary N) is 1. The Morgan fingerprint density at radius 2 is 1.84 bits per heavy atom. The lowest BCUT2D eigenvalue weighted by Gasteiger charge is -2.24. The van der Waals surface area contributed by atoms with Crippen LogP contribution in [0.3, 0.4) is 0 Å². The Balaban J connectivity index is 1.85. The highest BCUT2D eigenvalue weighted by Crippen LogP contribution is 2.28. The summed E-state index contributed by atoms with van der Waals surface area (Å²) in [6.07, 6.45) is 2.09. The van der Waals surface area contributed by atoms with Gasteiger partial charge in [-0.1, -0.05) is 30.3 Å². The highest BCUT2D eigenvalue weighted by atomic mass is 19.1. The number of hydrogen-bond acceptors (Lipinski definition) is 2. The van der Waals surface area contributed by atoms with E-state index >= 15 is 0 Å². The molecule has 0 aliphatic heterocycles. The Hall–Kier alpha value is -2.66. The first kappa shape index (κ1) is 17.2. The molecule has 0 aliphatic rings. The second-order valence-corrected chi connectivity index (χ2v) is 6.38. The highest BCUT2D eigenvalue weighted by Gasteiger charge is 2.21. The number of halogens is 1. The number of para-hydroxylation sites is 1. The van der Waals surface area contributed by atoms with Crippen LogP contribution >= 0.6 is 0 Å². The molecule has 0 bridgehead atoms. The minimum Gasteiger partial charge on any atom is -0.350 e. The SMILES string of the molecule is CN(C)C(CNC(=O)c1ccccc1F)c1cn(C)c2ccccc12. The van der Waals surface area contributed by atoms with E-state index in [0.29, 0.717) is 6.54 Å². The summed E-state index contributed by atoms with van der Waals surface area (Å²) in [6, 6.07) is 14.2. The van der Waals surface area contributed by atoms with Gasteiger partial charge in [0.05, 0.1) is 11.6 Å². The van der Waals surface area contributed by atoms with Crippen molar-refractivity contribution >= 4 is 16.8 Å². The van der Waals surface area contributed by atoms with Gasteiger partial charge in [-0.25, -0.2) is 4.39 Å². The van der Waals surface area contributed by atoms with Crippen LogP contribution in [-0.4, -0.2) is 36.0 Å². The molecular weight excluding hydrogens is 317 g/mol. The van der Waals surface area contributed by atoms with Crippen molar-refractivity contribution in [2.45, 2.75) is 6.04 Å². The first-order valence-electron chi connectivity index (χ1n) is 8.22. The monoisotopic (exact) mass is 339 g/mol. The van der Waals surface area contributed by atoms with E-state index in [4.69, 9.17) is 0 Å². The van der Waals surface area contributed by atoms with Crippen LogP contribution < -0.4 is 5.32 Å². The number of amides is 1. The minimum absolute atomic E-state index is 0.0122. The van der Waals surface area contributed by atoms with Gasteiger partial charge in [-0.2, -0.15) is 0 Å². The number of aromatic nitrogens is 1. The predicted molar refractivity (Wildman–Crippen MR) is 98.1 cm³/mol. The van der Waals surface area contributed by atoms with Gasteiger partial charge in [0.25, 0.3) is 5.91 Å². The van der Waals surface area contributed by atoms with E-state index in [1.807, 2.05) is 33.3 Å².